The zero-order chi connectivity index (χ0) is 26.8. The van der Waals surface area contributed by atoms with E-state index in [4.69, 9.17) is 13.6 Å². The second-order valence-electron chi connectivity index (χ2n) is 13.4. The van der Waals surface area contributed by atoms with Crippen molar-refractivity contribution in [3.05, 3.63) is 12.2 Å². The van der Waals surface area contributed by atoms with Crippen LogP contribution in [0.4, 0.5) is 0 Å². The molecule has 2 aliphatic rings. The van der Waals surface area contributed by atoms with Crippen molar-refractivity contribution in [2.75, 3.05) is 6.61 Å². The number of ketones is 1. The van der Waals surface area contributed by atoms with Gasteiger partial charge in [-0.2, -0.15) is 0 Å². The van der Waals surface area contributed by atoms with E-state index in [1.807, 2.05) is 0 Å². The van der Waals surface area contributed by atoms with E-state index in [2.05, 4.69) is 60.6 Å². The first-order valence-electron chi connectivity index (χ1n) is 15.1. The predicted molar refractivity (Wildman–Crippen MR) is 154 cm³/mol. The number of unbranched alkanes of at least 4 members (excludes halogenated alkanes) is 11. The molecule has 0 bridgehead atoms. The average molecular weight is 523 g/mol. The van der Waals surface area contributed by atoms with E-state index in [1.54, 1.807) is 6.92 Å². The van der Waals surface area contributed by atoms with E-state index >= 15 is 0 Å². The van der Waals surface area contributed by atoms with Crippen LogP contribution in [-0.4, -0.2) is 39.3 Å². The summed E-state index contributed by atoms with van der Waals surface area (Å²) in [5, 5.41) is -0.0884. The Kier molecular flexibility index (Phi) is 12.9. The smallest absolute Gasteiger partial charge is 0.349 e. The number of Topliss-reactive ketones (excluding diaryl/α,β-unsaturated/α-hetero) is 1. The molecule has 2 rings (SSSR count). The summed E-state index contributed by atoms with van der Waals surface area (Å²) in [6.07, 6.45) is 20.8. The monoisotopic (exact) mass is 522 g/mol. The molecule has 0 aromatic heterocycles. The molecule has 2 heterocycles. The van der Waals surface area contributed by atoms with Crippen LogP contribution in [0, 0.1) is 5.92 Å². The van der Waals surface area contributed by atoms with Gasteiger partial charge in [0.25, 0.3) is 0 Å². The van der Waals surface area contributed by atoms with Crippen molar-refractivity contribution in [1.29, 1.82) is 0 Å². The van der Waals surface area contributed by atoms with Gasteiger partial charge in [0, 0.05) is 16.0 Å². The first-order valence-corrected chi connectivity index (χ1v) is 16.9. The van der Waals surface area contributed by atoms with Gasteiger partial charge in [-0.3, -0.25) is 4.79 Å². The Hall–Kier alpha value is -0.493. The van der Waals surface area contributed by atoms with Gasteiger partial charge in [0.15, 0.2) is 0 Å². The third-order valence-corrected chi connectivity index (χ3v) is 13.3. The van der Waals surface area contributed by atoms with Crippen LogP contribution in [0.3, 0.4) is 0 Å². The second kappa shape index (κ2) is 14.6. The topological polar surface area (TPSA) is 44.8 Å². The van der Waals surface area contributed by atoms with Crippen LogP contribution >= 0.6 is 0 Å². The number of fused-ring (bicyclic) bond motifs is 1. The minimum atomic E-state index is -2.51. The van der Waals surface area contributed by atoms with E-state index in [-0.39, 0.29) is 40.1 Å². The molecule has 36 heavy (non-hydrogen) atoms. The van der Waals surface area contributed by atoms with Crippen LogP contribution in [0.1, 0.15) is 139 Å². The zero-order valence-electron chi connectivity index (χ0n) is 25.0. The van der Waals surface area contributed by atoms with Gasteiger partial charge in [-0.1, -0.05) is 138 Å². The molecule has 4 nitrogen and oxygen atoms in total. The molecule has 0 amide bonds. The maximum atomic E-state index is 12.5. The quantitative estimate of drug-likeness (QED) is 0.122. The molecular weight excluding hydrogens is 464 g/mol. The lowest BCUT2D eigenvalue weighted by Crippen LogP contribution is -2.65. The molecule has 1 fully saturated rings. The number of carbonyl (C=O) groups is 1. The molecule has 0 spiro atoms. The van der Waals surface area contributed by atoms with Gasteiger partial charge >= 0.3 is 8.56 Å². The molecule has 5 heteroatoms. The molecule has 210 valence electrons. The Balaban J connectivity index is 1.77. The minimum Gasteiger partial charge on any atom is -0.391 e. The van der Waals surface area contributed by atoms with Gasteiger partial charge in [0.2, 0.25) is 0 Å². The molecule has 1 saturated heterocycles. The summed E-state index contributed by atoms with van der Waals surface area (Å²) in [7, 11) is -2.51. The molecule has 0 N–H and O–H groups in total. The summed E-state index contributed by atoms with van der Waals surface area (Å²) >= 11 is 0. The average Bonchev–Trinajstić information content (AvgIpc) is 2.79. The van der Waals surface area contributed by atoms with E-state index in [0.29, 0.717) is 6.61 Å². The molecule has 0 aliphatic carbocycles. The lowest BCUT2D eigenvalue weighted by molar-refractivity contribution is -0.142. The molecule has 2 aliphatic heterocycles. The maximum Gasteiger partial charge on any atom is 0.349 e. The Morgan fingerprint density at radius 3 is 1.81 bits per heavy atom. The third-order valence-electron chi connectivity index (χ3n) is 8.20. The zero-order valence-corrected chi connectivity index (χ0v) is 26.0. The molecule has 1 unspecified atom stereocenters. The summed E-state index contributed by atoms with van der Waals surface area (Å²) in [5.74, 6) is 0.163. The predicted octanol–water partition coefficient (Wildman–Crippen LogP) is 9.06. The second-order valence-corrected chi connectivity index (χ2v) is 18.2. The van der Waals surface area contributed by atoms with Crippen LogP contribution in [-0.2, 0) is 18.4 Å². The highest BCUT2D eigenvalue weighted by atomic mass is 28.4. The molecule has 0 radical (unpaired) electrons. The fourth-order valence-corrected chi connectivity index (χ4v) is 11.2. The fraction of sp³-hybridized carbons (Fsp3) is 0.903. The normalized spacial score (nSPS) is 24.9. The Morgan fingerprint density at radius 1 is 0.833 bits per heavy atom. The Labute approximate surface area is 224 Å². The van der Waals surface area contributed by atoms with Crippen molar-refractivity contribution in [2.24, 2.45) is 5.92 Å². The van der Waals surface area contributed by atoms with Gasteiger partial charge < -0.3 is 13.6 Å². The number of carbonyl (C=O) groups excluding carboxylic acids is 1. The number of rotatable bonds is 15. The first-order chi connectivity index (χ1) is 16.9. The molecule has 0 saturated carbocycles. The van der Waals surface area contributed by atoms with Crippen molar-refractivity contribution >= 4 is 14.3 Å². The molecule has 4 atom stereocenters. The summed E-state index contributed by atoms with van der Waals surface area (Å²) in [5.41, 5.74) is 0. The largest absolute Gasteiger partial charge is 0.391 e. The van der Waals surface area contributed by atoms with Crippen LogP contribution < -0.4 is 0 Å². The van der Waals surface area contributed by atoms with E-state index < -0.39 is 8.56 Å². The van der Waals surface area contributed by atoms with Crippen molar-refractivity contribution in [2.45, 2.75) is 167 Å². The van der Waals surface area contributed by atoms with Gasteiger partial charge in [0.1, 0.15) is 11.9 Å². The lowest BCUT2D eigenvalue weighted by atomic mass is 9.89. The van der Waals surface area contributed by atoms with Crippen molar-refractivity contribution in [3.8, 4) is 0 Å². The summed E-state index contributed by atoms with van der Waals surface area (Å²) in [6.45, 7) is 18.0. The Bertz CT molecular complexity index is 661. The van der Waals surface area contributed by atoms with Crippen LogP contribution in [0.2, 0.25) is 10.1 Å². The Morgan fingerprint density at radius 2 is 1.33 bits per heavy atom. The van der Waals surface area contributed by atoms with Crippen molar-refractivity contribution in [3.63, 3.8) is 0 Å². The number of hydrogen-bond acceptors (Lipinski definition) is 4. The van der Waals surface area contributed by atoms with Crippen LogP contribution in [0.5, 0.6) is 0 Å². The van der Waals surface area contributed by atoms with Crippen molar-refractivity contribution in [1.82, 2.24) is 0 Å². The standard InChI is InChI=1S/C31H58O4Si/c1-9-10-11-12-13-14-15-16-17-18-19-20-21-26(25(2)32)27-22-23-28-29(34-27)24-33-36(35-28,30(3,4)5)31(6,7)8/h22-23,26-29H,9-21,24H2,1-8H3/t26?,27-,28-,29+/m0/s1. The van der Waals surface area contributed by atoms with Crippen LogP contribution in [0.25, 0.3) is 0 Å². The lowest BCUT2D eigenvalue weighted by Gasteiger charge is -2.55. The first kappa shape index (κ1) is 31.7. The number of ether oxygens (including phenoxy) is 1. The van der Waals surface area contributed by atoms with Gasteiger partial charge in [0.05, 0.1) is 18.8 Å². The highest BCUT2D eigenvalue weighted by Gasteiger charge is 2.62. The van der Waals surface area contributed by atoms with E-state index in [1.165, 1.54) is 70.6 Å². The van der Waals surface area contributed by atoms with Gasteiger partial charge in [-0.15, -0.1) is 0 Å². The van der Waals surface area contributed by atoms with Gasteiger partial charge in [-0.25, -0.2) is 0 Å². The number of hydrogen-bond donors (Lipinski definition) is 0. The highest BCUT2D eigenvalue weighted by Crippen LogP contribution is 2.54. The SMILES string of the molecule is CCCCCCCCCCCCCCC(C(C)=O)[C@@H]1C=C[C@@H]2O[Si](C(C)(C)C)(C(C)(C)C)OC[C@H]2O1. The minimum absolute atomic E-state index is 0.0442. The fourth-order valence-electron chi connectivity index (χ4n) is 6.29. The highest BCUT2D eigenvalue weighted by molar-refractivity contribution is 6.73. The van der Waals surface area contributed by atoms with E-state index in [9.17, 15) is 4.79 Å². The van der Waals surface area contributed by atoms with Crippen LogP contribution in [0.15, 0.2) is 12.2 Å². The van der Waals surface area contributed by atoms with Gasteiger partial charge in [-0.05, 0) is 13.3 Å². The molecular formula is C31H58O4Si. The molecule has 0 aromatic rings. The third kappa shape index (κ3) is 8.78. The maximum absolute atomic E-state index is 12.5. The van der Waals surface area contributed by atoms with Crippen molar-refractivity contribution < 1.29 is 18.4 Å². The summed E-state index contributed by atoms with van der Waals surface area (Å²) in [4.78, 5) is 12.5. The summed E-state index contributed by atoms with van der Waals surface area (Å²) < 4.78 is 19.9. The van der Waals surface area contributed by atoms with E-state index in [0.717, 1.165) is 12.8 Å². The molecule has 0 aromatic carbocycles. The summed E-state index contributed by atoms with van der Waals surface area (Å²) in [6, 6.07) is 0.